The molecule has 6 heteroatoms. The molecule has 0 saturated heterocycles. The smallest absolute Gasteiger partial charge is 0.278 e. The molecule has 0 saturated carbocycles. The molecule has 30 heavy (non-hydrogen) atoms. The van der Waals surface area contributed by atoms with E-state index in [0.29, 0.717) is 11.4 Å². The number of benzene rings is 3. The molecule has 2 aliphatic heterocycles. The number of nitrogens with one attached hydrogen (secondary N) is 1. The lowest BCUT2D eigenvalue weighted by Crippen LogP contribution is -2.58. The SMILES string of the molecule is CC(=O)C1=NN(c2ccc(C)cc2)C2(C(=O)Nc3ccccc32)N1c1ccccc1. The monoisotopic (exact) mass is 396 g/mol. The molecule has 6 nitrogen and oxygen atoms in total. The lowest BCUT2D eigenvalue weighted by molar-refractivity contribution is -0.120. The highest BCUT2D eigenvalue weighted by atomic mass is 16.2. The Balaban J connectivity index is 1.83. The quantitative estimate of drug-likeness (QED) is 0.726. The van der Waals surface area contributed by atoms with Crippen molar-refractivity contribution < 1.29 is 9.59 Å². The highest BCUT2D eigenvalue weighted by Crippen LogP contribution is 2.50. The van der Waals surface area contributed by atoms with Crippen molar-refractivity contribution in [2.45, 2.75) is 19.5 Å². The molecule has 3 aromatic carbocycles. The number of ketones is 1. The van der Waals surface area contributed by atoms with E-state index in [2.05, 4.69) is 5.32 Å². The van der Waals surface area contributed by atoms with E-state index in [1.54, 1.807) is 9.91 Å². The van der Waals surface area contributed by atoms with Gasteiger partial charge in [0.25, 0.3) is 5.91 Å². The minimum atomic E-state index is -1.34. The van der Waals surface area contributed by atoms with Crippen LogP contribution in [0.2, 0.25) is 0 Å². The first-order valence-electron chi connectivity index (χ1n) is 9.76. The zero-order valence-electron chi connectivity index (χ0n) is 16.7. The molecule has 0 aliphatic carbocycles. The Bertz CT molecular complexity index is 1190. The number of para-hydroxylation sites is 2. The first-order chi connectivity index (χ1) is 14.5. The van der Waals surface area contributed by atoms with Gasteiger partial charge in [0.1, 0.15) is 0 Å². The summed E-state index contributed by atoms with van der Waals surface area (Å²) >= 11 is 0. The first kappa shape index (κ1) is 18.1. The molecule has 5 rings (SSSR count). The number of amides is 1. The van der Waals surface area contributed by atoms with Crippen LogP contribution < -0.4 is 15.2 Å². The second-order valence-corrected chi connectivity index (χ2v) is 7.47. The molecular formula is C24H20N4O2. The molecule has 1 unspecified atom stereocenters. The van der Waals surface area contributed by atoms with Crippen molar-refractivity contribution in [3.63, 3.8) is 0 Å². The topological polar surface area (TPSA) is 65.0 Å². The number of Topliss-reactive ketones (excluding diaryl/α,β-unsaturated/α-hetero) is 1. The van der Waals surface area contributed by atoms with E-state index in [1.807, 2.05) is 85.8 Å². The first-order valence-corrected chi connectivity index (χ1v) is 9.76. The van der Waals surface area contributed by atoms with Crippen molar-refractivity contribution in [1.82, 2.24) is 0 Å². The highest BCUT2D eigenvalue weighted by Gasteiger charge is 2.62. The fourth-order valence-corrected chi connectivity index (χ4v) is 4.16. The number of hydrazone groups is 1. The Morgan fingerprint density at radius 3 is 2.27 bits per heavy atom. The summed E-state index contributed by atoms with van der Waals surface area (Å²) in [5.41, 5.74) is 2.66. The molecule has 3 aromatic rings. The van der Waals surface area contributed by atoms with Gasteiger partial charge in [-0.15, -0.1) is 5.10 Å². The third kappa shape index (κ3) is 2.40. The van der Waals surface area contributed by atoms with Crippen LogP contribution in [0.15, 0.2) is 84.0 Å². The third-order valence-electron chi connectivity index (χ3n) is 5.51. The van der Waals surface area contributed by atoms with Gasteiger partial charge in [0.2, 0.25) is 5.66 Å². The van der Waals surface area contributed by atoms with Gasteiger partial charge in [-0.25, -0.2) is 5.01 Å². The van der Waals surface area contributed by atoms with Gasteiger partial charge in [-0.1, -0.05) is 54.1 Å². The largest absolute Gasteiger partial charge is 0.322 e. The summed E-state index contributed by atoms with van der Waals surface area (Å²) in [5.74, 6) is -0.258. The van der Waals surface area contributed by atoms with E-state index in [9.17, 15) is 9.59 Å². The molecule has 0 bridgehead atoms. The summed E-state index contributed by atoms with van der Waals surface area (Å²) in [7, 11) is 0. The molecule has 1 atom stereocenters. The van der Waals surface area contributed by atoms with E-state index in [4.69, 9.17) is 5.10 Å². The fraction of sp³-hybridized carbons (Fsp3) is 0.125. The van der Waals surface area contributed by atoms with Crippen LogP contribution in [0.5, 0.6) is 0 Å². The second-order valence-electron chi connectivity index (χ2n) is 7.47. The number of anilines is 3. The fourth-order valence-electron chi connectivity index (χ4n) is 4.16. The predicted molar refractivity (Wildman–Crippen MR) is 117 cm³/mol. The van der Waals surface area contributed by atoms with Crippen molar-refractivity contribution in [2.24, 2.45) is 5.10 Å². The van der Waals surface area contributed by atoms with E-state index >= 15 is 0 Å². The van der Waals surface area contributed by atoms with Crippen molar-refractivity contribution in [3.8, 4) is 0 Å². The van der Waals surface area contributed by atoms with Gasteiger partial charge in [0, 0.05) is 23.9 Å². The molecule has 1 N–H and O–H groups in total. The summed E-state index contributed by atoms with van der Waals surface area (Å²) in [4.78, 5) is 28.1. The number of carbonyl (C=O) groups is 2. The minimum Gasteiger partial charge on any atom is -0.322 e. The third-order valence-corrected chi connectivity index (χ3v) is 5.51. The van der Waals surface area contributed by atoms with Gasteiger partial charge in [0.15, 0.2) is 11.6 Å². The summed E-state index contributed by atoms with van der Waals surface area (Å²) in [6, 6.07) is 24.7. The number of amidine groups is 1. The number of aryl methyl sites for hydroxylation is 1. The molecular weight excluding hydrogens is 376 g/mol. The van der Waals surface area contributed by atoms with E-state index < -0.39 is 5.66 Å². The van der Waals surface area contributed by atoms with Crippen LogP contribution in [0.4, 0.5) is 17.1 Å². The lowest BCUT2D eigenvalue weighted by atomic mass is 9.96. The van der Waals surface area contributed by atoms with Gasteiger partial charge in [-0.05, 0) is 37.3 Å². The van der Waals surface area contributed by atoms with Crippen LogP contribution >= 0.6 is 0 Å². The Morgan fingerprint density at radius 2 is 1.57 bits per heavy atom. The van der Waals surface area contributed by atoms with Crippen LogP contribution in [0, 0.1) is 6.92 Å². The van der Waals surface area contributed by atoms with Gasteiger partial charge < -0.3 is 5.32 Å². The molecule has 0 aromatic heterocycles. The minimum absolute atomic E-state index is 0.216. The van der Waals surface area contributed by atoms with Crippen LogP contribution in [0.1, 0.15) is 18.1 Å². The Labute approximate surface area is 174 Å². The van der Waals surface area contributed by atoms with Crippen LogP contribution in [-0.2, 0) is 15.3 Å². The summed E-state index contributed by atoms with van der Waals surface area (Å²) in [5, 5.41) is 9.35. The Hall–Kier alpha value is -3.93. The van der Waals surface area contributed by atoms with E-state index in [1.165, 1.54) is 6.92 Å². The number of nitrogens with zero attached hydrogens (tertiary/aromatic N) is 3. The molecule has 0 fully saturated rings. The van der Waals surface area contributed by atoms with Crippen molar-refractivity contribution in [3.05, 3.63) is 90.0 Å². The Morgan fingerprint density at radius 1 is 0.900 bits per heavy atom. The van der Waals surface area contributed by atoms with Gasteiger partial charge in [0.05, 0.1) is 5.69 Å². The average molecular weight is 396 g/mol. The number of fused-ring (bicyclic) bond motifs is 2. The van der Waals surface area contributed by atoms with Crippen molar-refractivity contribution >= 4 is 34.6 Å². The Kier molecular flexibility index (Phi) is 3.96. The molecule has 1 amide bonds. The summed E-state index contributed by atoms with van der Waals surface area (Å²) in [6.45, 7) is 3.47. The zero-order valence-corrected chi connectivity index (χ0v) is 16.7. The number of rotatable bonds is 3. The number of hydrogen-bond acceptors (Lipinski definition) is 5. The maximum atomic E-state index is 13.7. The normalized spacial score (nSPS) is 19.7. The molecule has 2 heterocycles. The summed E-state index contributed by atoms with van der Waals surface area (Å²) < 4.78 is 0. The average Bonchev–Trinajstić information content (AvgIpc) is 3.26. The van der Waals surface area contributed by atoms with Gasteiger partial charge >= 0.3 is 0 Å². The van der Waals surface area contributed by atoms with Crippen molar-refractivity contribution in [2.75, 3.05) is 15.2 Å². The second kappa shape index (κ2) is 6.56. The maximum Gasteiger partial charge on any atom is 0.278 e. The molecule has 1 spiro atoms. The molecule has 0 radical (unpaired) electrons. The van der Waals surface area contributed by atoms with Crippen LogP contribution in [-0.4, -0.2) is 17.5 Å². The molecule has 2 aliphatic rings. The highest BCUT2D eigenvalue weighted by molar-refractivity contribution is 6.46. The maximum absolute atomic E-state index is 13.7. The standard InChI is InChI=1S/C24H20N4O2/c1-16-12-14-19(15-13-16)28-24(20-10-6-7-11-21(20)25-23(24)30)27(22(26-28)17(2)29)18-8-4-3-5-9-18/h3-15H,1-2H3,(H,25,30). The summed E-state index contributed by atoms with van der Waals surface area (Å²) in [6.07, 6.45) is 0. The van der Waals surface area contributed by atoms with E-state index in [-0.39, 0.29) is 17.5 Å². The lowest BCUT2D eigenvalue weighted by Gasteiger charge is -2.39. The van der Waals surface area contributed by atoms with Gasteiger partial charge in [-0.3, -0.25) is 14.5 Å². The number of hydrogen-bond donors (Lipinski definition) is 1. The number of carbonyl (C=O) groups excluding carboxylic acids is 2. The van der Waals surface area contributed by atoms with E-state index in [0.717, 1.165) is 16.8 Å². The van der Waals surface area contributed by atoms with Crippen LogP contribution in [0.25, 0.3) is 0 Å². The molecule has 148 valence electrons. The van der Waals surface area contributed by atoms with Crippen LogP contribution in [0.3, 0.4) is 0 Å². The van der Waals surface area contributed by atoms with Gasteiger partial charge in [-0.2, -0.15) is 0 Å². The van der Waals surface area contributed by atoms with Crippen molar-refractivity contribution in [1.29, 1.82) is 0 Å². The zero-order chi connectivity index (χ0) is 20.9. The predicted octanol–water partition coefficient (Wildman–Crippen LogP) is 4.03.